The van der Waals surface area contributed by atoms with Gasteiger partial charge in [0.25, 0.3) is 5.91 Å². The number of aryl methyl sites for hydroxylation is 1. The molecular weight excluding hydrogens is 443 g/mol. The third-order valence-electron chi connectivity index (χ3n) is 4.18. The van der Waals surface area contributed by atoms with Gasteiger partial charge in [0.15, 0.2) is 0 Å². The van der Waals surface area contributed by atoms with Crippen LogP contribution >= 0.6 is 22.6 Å². The average molecular weight is 458 g/mol. The molecule has 4 aromatic rings. The molecule has 5 nitrogen and oxygen atoms in total. The lowest BCUT2D eigenvalue weighted by Crippen LogP contribution is -2.18. The fourth-order valence-electron chi connectivity index (χ4n) is 2.98. The van der Waals surface area contributed by atoms with E-state index in [9.17, 15) is 4.79 Å². The molecule has 6 heteroatoms. The van der Waals surface area contributed by atoms with E-state index in [0.717, 1.165) is 25.6 Å². The van der Waals surface area contributed by atoms with E-state index in [-0.39, 0.29) is 5.91 Å². The summed E-state index contributed by atoms with van der Waals surface area (Å²) in [6, 6.07) is 13.3. The van der Waals surface area contributed by atoms with Crippen molar-refractivity contribution in [1.29, 1.82) is 0 Å². The minimum absolute atomic E-state index is 0.162. The van der Waals surface area contributed by atoms with Gasteiger partial charge in [-0.2, -0.15) is 0 Å². The number of benzene rings is 2. The molecule has 0 aliphatic carbocycles. The molecule has 0 bridgehead atoms. The van der Waals surface area contributed by atoms with E-state index in [4.69, 9.17) is 9.15 Å². The van der Waals surface area contributed by atoms with Gasteiger partial charge in [-0.05, 0) is 65.9 Å². The molecule has 130 valence electrons. The minimum atomic E-state index is -0.162. The van der Waals surface area contributed by atoms with Crippen LogP contribution in [0.15, 0.2) is 53.1 Å². The van der Waals surface area contributed by atoms with E-state index in [1.165, 1.54) is 0 Å². The lowest BCUT2D eigenvalue weighted by Gasteiger charge is -2.09. The van der Waals surface area contributed by atoms with Gasteiger partial charge in [0.2, 0.25) is 0 Å². The van der Waals surface area contributed by atoms with Crippen LogP contribution in [-0.4, -0.2) is 17.9 Å². The molecule has 26 heavy (non-hydrogen) atoms. The maximum atomic E-state index is 12.1. The second-order valence-corrected chi connectivity index (χ2v) is 7.09. The first-order valence-electron chi connectivity index (χ1n) is 8.04. The Balaban J connectivity index is 1.77. The molecule has 0 radical (unpaired) electrons. The van der Waals surface area contributed by atoms with Gasteiger partial charge < -0.3 is 14.5 Å². The summed E-state index contributed by atoms with van der Waals surface area (Å²) in [5.41, 5.74) is 2.05. The van der Waals surface area contributed by atoms with E-state index in [1.807, 2.05) is 36.4 Å². The molecule has 1 amide bonds. The van der Waals surface area contributed by atoms with Crippen molar-refractivity contribution in [3.05, 3.63) is 63.6 Å². The number of aromatic nitrogens is 1. The topological polar surface area (TPSA) is 64.4 Å². The van der Waals surface area contributed by atoms with Crippen molar-refractivity contribution in [3.8, 4) is 11.5 Å². The SMILES string of the molecule is CNC(=O)c1c(C)oc2cc(Oc3ccnc4ccc(I)cc34)ccc12. The number of fused-ring (bicyclic) bond motifs is 2. The molecule has 2 aromatic heterocycles. The number of ether oxygens (including phenoxy) is 1. The summed E-state index contributed by atoms with van der Waals surface area (Å²) in [5, 5.41) is 4.35. The normalized spacial score (nSPS) is 11.0. The highest BCUT2D eigenvalue weighted by Crippen LogP contribution is 2.33. The van der Waals surface area contributed by atoms with Gasteiger partial charge in [-0.15, -0.1) is 0 Å². The molecule has 4 rings (SSSR count). The van der Waals surface area contributed by atoms with Crippen molar-refractivity contribution < 1.29 is 13.9 Å². The van der Waals surface area contributed by atoms with E-state index in [0.29, 0.717) is 22.7 Å². The standard InChI is InChI=1S/C20H15IN2O3/c1-11-19(20(24)22-2)14-5-4-13(10-18(14)25-11)26-17-7-8-23-16-6-3-12(21)9-15(16)17/h3-10H,1-2H3,(H,22,24). The predicted octanol–water partition coefficient (Wildman–Crippen LogP) is 5.05. The molecule has 0 saturated carbocycles. The number of nitrogens with zero attached hydrogens (tertiary/aromatic N) is 1. The first kappa shape index (κ1) is 16.8. The smallest absolute Gasteiger partial charge is 0.255 e. The lowest BCUT2D eigenvalue weighted by atomic mass is 10.1. The molecule has 0 aliphatic heterocycles. The third kappa shape index (κ3) is 2.90. The second kappa shape index (κ2) is 6.60. The number of halogens is 1. The zero-order valence-electron chi connectivity index (χ0n) is 14.2. The van der Waals surface area contributed by atoms with Gasteiger partial charge in [-0.1, -0.05) is 0 Å². The Kier molecular flexibility index (Phi) is 4.28. The lowest BCUT2D eigenvalue weighted by molar-refractivity contribution is 0.0963. The van der Waals surface area contributed by atoms with Crippen molar-refractivity contribution in [3.63, 3.8) is 0 Å². The number of hydrogen-bond acceptors (Lipinski definition) is 4. The molecule has 0 fully saturated rings. The molecule has 1 N–H and O–H groups in total. The fraction of sp³-hybridized carbons (Fsp3) is 0.100. The molecule has 2 aromatic carbocycles. The number of furan rings is 1. The van der Waals surface area contributed by atoms with Crippen LogP contribution in [0, 0.1) is 10.5 Å². The van der Waals surface area contributed by atoms with Crippen LogP contribution in [0.5, 0.6) is 11.5 Å². The number of hydrogen-bond donors (Lipinski definition) is 1. The van der Waals surface area contributed by atoms with Crippen LogP contribution in [0.3, 0.4) is 0 Å². The van der Waals surface area contributed by atoms with Gasteiger partial charge in [0.1, 0.15) is 22.8 Å². The fourth-order valence-corrected chi connectivity index (χ4v) is 3.47. The van der Waals surface area contributed by atoms with E-state index in [1.54, 1.807) is 26.2 Å². The van der Waals surface area contributed by atoms with Crippen molar-refractivity contribution in [2.75, 3.05) is 7.05 Å². The van der Waals surface area contributed by atoms with Crippen LogP contribution in [0.25, 0.3) is 21.9 Å². The Labute approximate surface area is 163 Å². The van der Waals surface area contributed by atoms with Crippen molar-refractivity contribution in [1.82, 2.24) is 10.3 Å². The first-order valence-corrected chi connectivity index (χ1v) is 9.12. The molecule has 2 heterocycles. The highest BCUT2D eigenvalue weighted by atomic mass is 127. The third-order valence-corrected chi connectivity index (χ3v) is 4.85. The van der Waals surface area contributed by atoms with Crippen molar-refractivity contribution in [2.45, 2.75) is 6.92 Å². The predicted molar refractivity (Wildman–Crippen MR) is 109 cm³/mol. The summed E-state index contributed by atoms with van der Waals surface area (Å²) in [6.45, 7) is 1.78. The van der Waals surface area contributed by atoms with Crippen LogP contribution in [0.2, 0.25) is 0 Å². The summed E-state index contributed by atoms with van der Waals surface area (Å²) < 4.78 is 13.0. The Morgan fingerprint density at radius 2 is 2.00 bits per heavy atom. The van der Waals surface area contributed by atoms with Gasteiger partial charge in [-0.25, -0.2) is 0 Å². The summed E-state index contributed by atoms with van der Waals surface area (Å²) in [5.74, 6) is 1.79. The maximum Gasteiger partial charge on any atom is 0.255 e. The second-order valence-electron chi connectivity index (χ2n) is 5.84. The highest BCUT2D eigenvalue weighted by Gasteiger charge is 2.17. The zero-order valence-corrected chi connectivity index (χ0v) is 16.3. The summed E-state index contributed by atoms with van der Waals surface area (Å²) in [6.07, 6.45) is 1.73. The Morgan fingerprint density at radius 3 is 2.81 bits per heavy atom. The first-order chi connectivity index (χ1) is 12.6. The quantitative estimate of drug-likeness (QED) is 0.437. The largest absolute Gasteiger partial charge is 0.460 e. The summed E-state index contributed by atoms with van der Waals surface area (Å²) in [7, 11) is 1.61. The van der Waals surface area contributed by atoms with Gasteiger partial charge >= 0.3 is 0 Å². The van der Waals surface area contributed by atoms with E-state index >= 15 is 0 Å². The van der Waals surface area contributed by atoms with E-state index in [2.05, 4.69) is 32.9 Å². The van der Waals surface area contributed by atoms with Gasteiger partial charge in [0.05, 0.1) is 11.1 Å². The monoisotopic (exact) mass is 458 g/mol. The number of nitrogens with one attached hydrogen (secondary N) is 1. The molecule has 0 atom stereocenters. The van der Waals surface area contributed by atoms with E-state index < -0.39 is 0 Å². The van der Waals surface area contributed by atoms with Crippen molar-refractivity contribution >= 4 is 50.4 Å². The number of carbonyl (C=O) groups excluding carboxylic acids is 1. The highest BCUT2D eigenvalue weighted by molar-refractivity contribution is 14.1. The number of carbonyl (C=O) groups is 1. The van der Waals surface area contributed by atoms with Crippen molar-refractivity contribution in [2.24, 2.45) is 0 Å². The summed E-state index contributed by atoms with van der Waals surface area (Å²) in [4.78, 5) is 16.4. The Morgan fingerprint density at radius 1 is 1.15 bits per heavy atom. The maximum absolute atomic E-state index is 12.1. The van der Waals surface area contributed by atoms with Gasteiger partial charge in [-0.3, -0.25) is 9.78 Å². The molecule has 0 aliphatic rings. The van der Waals surface area contributed by atoms with Crippen LogP contribution in [0.4, 0.5) is 0 Å². The van der Waals surface area contributed by atoms with Crippen LogP contribution < -0.4 is 10.1 Å². The van der Waals surface area contributed by atoms with Crippen LogP contribution in [-0.2, 0) is 0 Å². The minimum Gasteiger partial charge on any atom is -0.460 e. The van der Waals surface area contributed by atoms with Crippen LogP contribution in [0.1, 0.15) is 16.1 Å². The van der Waals surface area contributed by atoms with Gasteiger partial charge in [0, 0.05) is 33.7 Å². The summed E-state index contributed by atoms with van der Waals surface area (Å²) >= 11 is 2.27. The Bertz CT molecular complexity index is 1150. The molecule has 0 saturated heterocycles. The zero-order chi connectivity index (χ0) is 18.3. The Hall–Kier alpha value is -2.61. The number of pyridine rings is 1. The number of amides is 1. The average Bonchev–Trinajstić information content (AvgIpc) is 2.96. The molecule has 0 spiro atoms. The number of rotatable bonds is 3. The molecular formula is C20H15IN2O3. The molecule has 0 unspecified atom stereocenters.